The summed E-state index contributed by atoms with van der Waals surface area (Å²) < 4.78 is 0. The molecule has 2 bridgehead atoms. The number of aliphatic hydroxyl groups is 1. The SMILES string of the molecule is CN(CC(C)(C)O)C(=O)C1CC2CCC1C2. The Bertz CT molecular complexity index is 282. The highest BCUT2D eigenvalue weighted by atomic mass is 16.3. The summed E-state index contributed by atoms with van der Waals surface area (Å²) >= 11 is 0. The molecule has 1 N–H and O–H groups in total. The van der Waals surface area contributed by atoms with Crippen molar-refractivity contribution in [3.8, 4) is 0 Å². The van der Waals surface area contributed by atoms with Crippen molar-refractivity contribution in [3.63, 3.8) is 0 Å². The first kappa shape index (κ1) is 11.9. The Hall–Kier alpha value is -0.570. The summed E-state index contributed by atoms with van der Waals surface area (Å²) in [5, 5.41) is 9.72. The predicted octanol–water partition coefficient (Wildman–Crippen LogP) is 1.65. The zero-order valence-corrected chi connectivity index (χ0v) is 10.6. The maximum absolute atomic E-state index is 12.2. The van der Waals surface area contributed by atoms with Crippen molar-refractivity contribution in [2.45, 2.75) is 45.1 Å². The minimum atomic E-state index is -0.790. The number of nitrogens with zero attached hydrogens (tertiary/aromatic N) is 1. The Kier molecular flexibility index (Phi) is 2.99. The molecule has 0 aromatic carbocycles. The highest BCUT2D eigenvalue weighted by Gasteiger charge is 2.44. The van der Waals surface area contributed by atoms with Crippen LogP contribution in [0.4, 0.5) is 0 Å². The Labute approximate surface area is 97.8 Å². The summed E-state index contributed by atoms with van der Waals surface area (Å²) in [5.74, 6) is 1.91. The van der Waals surface area contributed by atoms with Gasteiger partial charge in [0.1, 0.15) is 0 Å². The maximum Gasteiger partial charge on any atom is 0.225 e. The van der Waals surface area contributed by atoms with Crippen molar-refractivity contribution < 1.29 is 9.90 Å². The molecular formula is C13H23NO2. The average Bonchev–Trinajstić information content (AvgIpc) is 2.74. The van der Waals surface area contributed by atoms with Gasteiger partial charge in [-0.05, 0) is 44.9 Å². The normalized spacial score (nSPS) is 33.1. The van der Waals surface area contributed by atoms with Crippen LogP contribution >= 0.6 is 0 Å². The molecule has 3 nitrogen and oxygen atoms in total. The number of hydrogen-bond acceptors (Lipinski definition) is 2. The second-order valence-electron chi connectivity index (χ2n) is 6.29. The molecule has 92 valence electrons. The first-order chi connectivity index (χ1) is 7.37. The third-order valence-electron chi connectivity index (χ3n) is 4.06. The van der Waals surface area contributed by atoms with E-state index >= 15 is 0 Å². The second kappa shape index (κ2) is 4.02. The lowest BCUT2D eigenvalue weighted by molar-refractivity contribution is -0.138. The van der Waals surface area contributed by atoms with E-state index in [0.717, 1.165) is 12.3 Å². The number of amides is 1. The van der Waals surface area contributed by atoms with Gasteiger partial charge in [0.25, 0.3) is 0 Å². The molecule has 2 aliphatic carbocycles. The molecule has 0 aromatic rings. The van der Waals surface area contributed by atoms with Crippen LogP contribution in [0.5, 0.6) is 0 Å². The minimum Gasteiger partial charge on any atom is -0.389 e. The van der Waals surface area contributed by atoms with Crippen LogP contribution in [-0.4, -0.2) is 35.1 Å². The Morgan fingerprint density at radius 3 is 2.50 bits per heavy atom. The van der Waals surface area contributed by atoms with E-state index < -0.39 is 5.60 Å². The number of fused-ring (bicyclic) bond motifs is 2. The lowest BCUT2D eigenvalue weighted by Gasteiger charge is -2.30. The van der Waals surface area contributed by atoms with Gasteiger partial charge in [-0.1, -0.05) is 6.42 Å². The highest BCUT2D eigenvalue weighted by Crippen LogP contribution is 2.48. The largest absolute Gasteiger partial charge is 0.389 e. The van der Waals surface area contributed by atoms with Gasteiger partial charge in [-0.3, -0.25) is 4.79 Å². The van der Waals surface area contributed by atoms with E-state index in [1.807, 2.05) is 7.05 Å². The molecule has 0 aliphatic heterocycles. The van der Waals surface area contributed by atoms with Gasteiger partial charge in [0.15, 0.2) is 0 Å². The smallest absolute Gasteiger partial charge is 0.225 e. The minimum absolute atomic E-state index is 0.242. The van der Waals surface area contributed by atoms with Gasteiger partial charge in [-0.25, -0.2) is 0 Å². The van der Waals surface area contributed by atoms with Gasteiger partial charge in [0.2, 0.25) is 5.91 Å². The summed E-state index contributed by atoms with van der Waals surface area (Å²) in [6.07, 6.45) is 4.90. The van der Waals surface area contributed by atoms with Crippen LogP contribution in [0.15, 0.2) is 0 Å². The fraction of sp³-hybridized carbons (Fsp3) is 0.923. The molecule has 16 heavy (non-hydrogen) atoms. The molecule has 0 saturated heterocycles. The van der Waals surface area contributed by atoms with E-state index in [4.69, 9.17) is 0 Å². The van der Waals surface area contributed by atoms with Crippen LogP contribution in [0.1, 0.15) is 39.5 Å². The van der Waals surface area contributed by atoms with E-state index in [2.05, 4.69) is 0 Å². The summed E-state index contributed by atoms with van der Waals surface area (Å²) in [4.78, 5) is 13.9. The Balaban J connectivity index is 1.92. The molecule has 0 spiro atoms. The standard InChI is InChI=1S/C13H23NO2/c1-13(2,16)8-14(3)12(15)11-7-9-4-5-10(11)6-9/h9-11,16H,4-8H2,1-3H3. The number of carbonyl (C=O) groups excluding carboxylic acids is 1. The topological polar surface area (TPSA) is 40.5 Å². The van der Waals surface area contributed by atoms with Crippen molar-refractivity contribution in [1.29, 1.82) is 0 Å². The van der Waals surface area contributed by atoms with E-state index in [0.29, 0.717) is 12.5 Å². The zero-order chi connectivity index (χ0) is 11.9. The molecule has 2 saturated carbocycles. The Morgan fingerprint density at radius 2 is 2.06 bits per heavy atom. The van der Waals surface area contributed by atoms with Crippen LogP contribution < -0.4 is 0 Å². The average molecular weight is 225 g/mol. The highest BCUT2D eigenvalue weighted by molar-refractivity contribution is 5.79. The van der Waals surface area contributed by atoms with Crippen molar-refractivity contribution in [1.82, 2.24) is 4.90 Å². The van der Waals surface area contributed by atoms with Crippen LogP contribution in [0.25, 0.3) is 0 Å². The van der Waals surface area contributed by atoms with Crippen LogP contribution in [-0.2, 0) is 4.79 Å². The first-order valence-corrected chi connectivity index (χ1v) is 6.34. The van der Waals surface area contributed by atoms with Gasteiger partial charge in [-0.15, -0.1) is 0 Å². The molecule has 0 radical (unpaired) electrons. The molecule has 2 rings (SSSR count). The quantitative estimate of drug-likeness (QED) is 0.793. The fourth-order valence-corrected chi connectivity index (χ4v) is 3.49. The van der Waals surface area contributed by atoms with Crippen molar-refractivity contribution in [3.05, 3.63) is 0 Å². The number of hydrogen-bond donors (Lipinski definition) is 1. The van der Waals surface area contributed by atoms with Gasteiger partial charge in [0, 0.05) is 19.5 Å². The predicted molar refractivity (Wildman–Crippen MR) is 62.9 cm³/mol. The molecule has 3 atom stereocenters. The molecule has 3 heteroatoms. The van der Waals surface area contributed by atoms with Crippen molar-refractivity contribution in [2.24, 2.45) is 17.8 Å². The number of likely N-dealkylation sites (N-methyl/N-ethyl adjacent to an activating group) is 1. The van der Waals surface area contributed by atoms with Gasteiger partial charge in [0.05, 0.1) is 5.60 Å². The summed E-state index contributed by atoms with van der Waals surface area (Å²) in [5.41, 5.74) is -0.790. The summed E-state index contributed by atoms with van der Waals surface area (Å²) in [6.45, 7) is 3.93. The second-order valence-corrected chi connectivity index (χ2v) is 6.29. The van der Waals surface area contributed by atoms with Crippen LogP contribution in [0.3, 0.4) is 0 Å². The lowest BCUT2D eigenvalue weighted by Crippen LogP contribution is -2.43. The van der Waals surface area contributed by atoms with E-state index in [9.17, 15) is 9.90 Å². The molecule has 0 heterocycles. The lowest BCUT2D eigenvalue weighted by atomic mass is 9.87. The first-order valence-electron chi connectivity index (χ1n) is 6.34. The third-order valence-corrected chi connectivity index (χ3v) is 4.06. The van der Waals surface area contributed by atoms with Crippen molar-refractivity contribution in [2.75, 3.05) is 13.6 Å². The zero-order valence-electron chi connectivity index (χ0n) is 10.6. The Morgan fingerprint density at radius 1 is 1.38 bits per heavy atom. The monoisotopic (exact) mass is 225 g/mol. The molecule has 3 unspecified atom stereocenters. The van der Waals surface area contributed by atoms with E-state index in [1.165, 1.54) is 19.3 Å². The van der Waals surface area contributed by atoms with Crippen molar-refractivity contribution >= 4 is 5.91 Å². The van der Waals surface area contributed by atoms with Gasteiger partial charge in [-0.2, -0.15) is 0 Å². The number of rotatable bonds is 3. The van der Waals surface area contributed by atoms with E-state index in [-0.39, 0.29) is 11.8 Å². The van der Waals surface area contributed by atoms with Gasteiger partial charge < -0.3 is 10.0 Å². The van der Waals surface area contributed by atoms with E-state index in [1.54, 1.807) is 18.7 Å². The summed E-state index contributed by atoms with van der Waals surface area (Å²) in [7, 11) is 1.81. The molecule has 0 aromatic heterocycles. The molecular weight excluding hydrogens is 202 g/mol. The molecule has 1 amide bonds. The maximum atomic E-state index is 12.2. The number of carbonyl (C=O) groups is 1. The molecule has 2 aliphatic rings. The fourth-order valence-electron chi connectivity index (χ4n) is 3.49. The van der Waals surface area contributed by atoms with Crippen LogP contribution in [0, 0.1) is 17.8 Å². The van der Waals surface area contributed by atoms with Gasteiger partial charge >= 0.3 is 0 Å². The summed E-state index contributed by atoms with van der Waals surface area (Å²) in [6, 6.07) is 0. The van der Waals surface area contributed by atoms with Crippen LogP contribution in [0.2, 0.25) is 0 Å². The molecule has 2 fully saturated rings. The third kappa shape index (κ3) is 2.40.